The lowest BCUT2D eigenvalue weighted by Crippen LogP contribution is -2.45. The van der Waals surface area contributed by atoms with Crippen LogP contribution in [0.4, 0.5) is 0 Å². The van der Waals surface area contributed by atoms with Crippen molar-refractivity contribution in [3.05, 3.63) is 0 Å². The van der Waals surface area contributed by atoms with Gasteiger partial charge in [-0.25, -0.2) is 0 Å². The molecule has 116 valence electrons. The first kappa shape index (κ1) is 18.9. The van der Waals surface area contributed by atoms with Crippen LogP contribution in [0, 0.1) is 0 Å². The second kappa shape index (κ2) is 6.11. The highest BCUT2D eigenvalue weighted by molar-refractivity contribution is 4.87. The Kier molecular flexibility index (Phi) is 6.07. The Bertz CT molecular complexity index is 250. The van der Waals surface area contributed by atoms with Crippen LogP contribution in [0.3, 0.4) is 0 Å². The Morgan fingerprint density at radius 2 is 0.789 bits per heavy atom. The molecule has 0 radical (unpaired) electrons. The molecule has 3 nitrogen and oxygen atoms in total. The van der Waals surface area contributed by atoms with E-state index in [1.54, 1.807) is 14.2 Å². The largest absolute Gasteiger partial charge is 0.379 e. The first-order chi connectivity index (χ1) is 8.24. The van der Waals surface area contributed by atoms with Crippen LogP contribution in [0.5, 0.6) is 0 Å². The third-order valence-corrected chi connectivity index (χ3v) is 3.36. The lowest BCUT2D eigenvalue weighted by Gasteiger charge is -2.42. The topological polar surface area (TPSA) is 27.7 Å². The van der Waals surface area contributed by atoms with Crippen molar-refractivity contribution in [2.24, 2.45) is 0 Å². The van der Waals surface area contributed by atoms with Crippen LogP contribution in [-0.2, 0) is 14.2 Å². The van der Waals surface area contributed by atoms with Crippen molar-refractivity contribution in [3.63, 3.8) is 0 Å². The van der Waals surface area contributed by atoms with Crippen LogP contribution in [0.25, 0.3) is 0 Å². The summed E-state index contributed by atoms with van der Waals surface area (Å²) in [5.41, 5.74) is -0.855. The van der Waals surface area contributed by atoms with Gasteiger partial charge in [0.1, 0.15) is 0 Å². The average molecular weight is 274 g/mol. The van der Waals surface area contributed by atoms with E-state index in [1.807, 2.05) is 0 Å². The fraction of sp³-hybridized carbons (Fsp3) is 1.00. The Hall–Kier alpha value is -0.120. The average Bonchev–Trinajstić information content (AvgIpc) is 2.12. The van der Waals surface area contributed by atoms with Gasteiger partial charge in [-0.3, -0.25) is 0 Å². The molecule has 0 aliphatic rings. The van der Waals surface area contributed by atoms with Gasteiger partial charge in [0, 0.05) is 27.1 Å². The maximum atomic E-state index is 6.34. The van der Waals surface area contributed by atoms with Gasteiger partial charge in [-0.1, -0.05) is 0 Å². The number of hydrogen-bond donors (Lipinski definition) is 0. The predicted molar refractivity (Wildman–Crippen MR) is 80.7 cm³/mol. The first-order valence-corrected chi connectivity index (χ1v) is 7.05. The van der Waals surface area contributed by atoms with Gasteiger partial charge in [0.05, 0.1) is 22.4 Å². The number of ether oxygens (including phenoxy) is 3. The molecule has 0 unspecified atom stereocenters. The van der Waals surface area contributed by atoms with Crippen LogP contribution < -0.4 is 0 Å². The van der Waals surface area contributed by atoms with Gasteiger partial charge >= 0.3 is 0 Å². The van der Waals surface area contributed by atoms with Crippen LogP contribution in [0.15, 0.2) is 0 Å². The van der Waals surface area contributed by atoms with E-state index in [0.29, 0.717) is 0 Å². The first-order valence-electron chi connectivity index (χ1n) is 7.05. The molecule has 0 saturated carbocycles. The normalized spacial score (nSPS) is 14.8. The fourth-order valence-corrected chi connectivity index (χ4v) is 3.01. The Morgan fingerprint density at radius 1 is 0.526 bits per heavy atom. The molecule has 0 aliphatic carbocycles. The second-order valence-electron chi connectivity index (χ2n) is 7.90. The third-order valence-electron chi connectivity index (χ3n) is 3.36. The molecular formula is C16H34O3. The maximum absolute atomic E-state index is 6.34. The monoisotopic (exact) mass is 274 g/mol. The zero-order chi connectivity index (χ0) is 15.5. The molecule has 0 rings (SSSR count). The highest BCUT2D eigenvalue weighted by Gasteiger charge is 2.37. The van der Waals surface area contributed by atoms with E-state index in [2.05, 4.69) is 55.4 Å². The molecule has 19 heavy (non-hydrogen) atoms. The molecule has 0 amide bonds. The minimum atomic E-state index is -0.243. The van der Waals surface area contributed by atoms with E-state index in [9.17, 15) is 0 Å². The molecule has 0 heterocycles. The molecule has 0 aromatic rings. The predicted octanol–water partition coefficient (Wildman–Crippen LogP) is 4.19. The summed E-state index contributed by atoms with van der Waals surface area (Å²) in [5, 5.41) is 0. The standard InChI is InChI=1S/C16H34O3/c1-13(2,17-9)11-15(5,6)19-16(7,8)12-14(3,4)18-10/h11-12H2,1-10H3. The van der Waals surface area contributed by atoms with E-state index in [1.165, 1.54) is 0 Å². The summed E-state index contributed by atoms with van der Waals surface area (Å²) < 4.78 is 17.4. The SMILES string of the molecule is COC(C)(C)CC(C)(C)OC(C)(C)CC(C)(C)OC. The van der Waals surface area contributed by atoms with Crippen LogP contribution in [-0.4, -0.2) is 36.6 Å². The summed E-state index contributed by atoms with van der Waals surface area (Å²) in [5.74, 6) is 0. The quantitative estimate of drug-likeness (QED) is 0.664. The molecule has 0 N–H and O–H groups in total. The van der Waals surface area contributed by atoms with Crippen LogP contribution in [0.2, 0.25) is 0 Å². The van der Waals surface area contributed by atoms with E-state index in [-0.39, 0.29) is 22.4 Å². The summed E-state index contributed by atoms with van der Waals surface area (Å²) in [6.07, 6.45) is 1.68. The summed E-state index contributed by atoms with van der Waals surface area (Å²) in [7, 11) is 3.49. The number of rotatable bonds is 8. The van der Waals surface area contributed by atoms with Gasteiger partial charge in [0.25, 0.3) is 0 Å². The van der Waals surface area contributed by atoms with Gasteiger partial charge in [-0.2, -0.15) is 0 Å². The van der Waals surface area contributed by atoms with E-state index in [0.717, 1.165) is 12.8 Å². The second-order valence-corrected chi connectivity index (χ2v) is 7.90. The molecule has 0 saturated heterocycles. The zero-order valence-electron chi connectivity index (χ0n) is 14.6. The van der Waals surface area contributed by atoms with Crippen molar-refractivity contribution < 1.29 is 14.2 Å². The molecule has 0 aromatic heterocycles. The highest BCUT2D eigenvalue weighted by Crippen LogP contribution is 2.34. The number of hydrogen-bond acceptors (Lipinski definition) is 3. The molecular weight excluding hydrogens is 240 g/mol. The van der Waals surface area contributed by atoms with Gasteiger partial charge in [0.2, 0.25) is 0 Å². The molecule has 0 spiro atoms. The number of methoxy groups -OCH3 is 2. The zero-order valence-corrected chi connectivity index (χ0v) is 14.6. The Balaban J connectivity index is 4.72. The molecule has 0 fully saturated rings. The summed E-state index contributed by atoms with van der Waals surface area (Å²) >= 11 is 0. The van der Waals surface area contributed by atoms with Gasteiger partial charge in [-0.15, -0.1) is 0 Å². The molecule has 0 atom stereocenters. The van der Waals surface area contributed by atoms with Crippen molar-refractivity contribution in [3.8, 4) is 0 Å². The minimum absolute atomic E-state index is 0.184. The van der Waals surface area contributed by atoms with Crippen molar-refractivity contribution in [2.45, 2.75) is 90.6 Å². The van der Waals surface area contributed by atoms with E-state index >= 15 is 0 Å². The smallest absolute Gasteiger partial charge is 0.0661 e. The lowest BCUT2D eigenvalue weighted by atomic mass is 9.88. The van der Waals surface area contributed by atoms with Gasteiger partial charge < -0.3 is 14.2 Å². The van der Waals surface area contributed by atoms with Crippen molar-refractivity contribution >= 4 is 0 Å². The van der Waals surface area contributed by atoms with Crippen LogP contribution >= 0.6 is 0 Å². The van der Waals surface area contributed by atoms with Crippen molar-refractivity contribution in [1.82, 2.24) is 0 Å². The Labute approximate surface area is 120 Å². The molecule has 3 heteroatoms. The highest BCUT2D eigenvalue weighted by atomic mass is 16.5. The van der Waals surface area contributed by atoms with Crippen molar-refractivity contribution in [2.75, 3.05) is 14.2 Å². The van der Waals surface area contributed by atoms with E-state index < -0.39 is 0 Å². The lowest BCUT2D eigenvalue weighted by molar-refractivity contribution is -0.173. The Morgan fingerprint density at radius 3 is 1.00 bits per heavy atom. The summed E-state index contributed by atoms with van der Waals surface area (Å²) in [6.45, 7) is 16.8. The summed E-state index contributed by atoms with van der Waals surface area (Å²) in [4.78, 5) is 0. The van der Waals surface area contributed by atoms with Gasteiger partial charge in [0.15, 0.2) is 0 Å². The van der Waals surface area contributed by atoms with E-state index in [4.69, 9.17) is 14.2 Å². The molecule has 0 bridgehead atoms. The third kappa shape index (κ3) is 7.91. The molecule has 0 aromatic carbocycles. The fourth-order valence-electron chi connectivity index (χ4n) is 3.01. The minimum Gasteiger partial charge on any atom is -0.379 e. The maximum Gasteiger partial charge on any atom is 0.0661 e. The van der Waals surface area contributed by atoms with Crippen molar-refractivity contribution in [1.29, 1.82) is 0 Å². The molecule has 0 aliphatic heterocycles. The summed E-state index contributed by atoms with van der Waals surface area (Å²) in [6, 6.07) is 0. The van der Waals surface area contributed by atoms with Crippen LogP contribution in [0.1, 0.15) is 68.2 Å². The van der Waals surface area contributed by atoms with Gasteiger partial charge in [-0.05, 0) is 55.4 Å².